The van der Waals surface area contributed by atoms with Gasteiger partial charge in [-0.1, -0.05) is 26.2 Å². The van der Waals surface area contributed by atoms with E-state index in [0.717, 1.165) is 38.5 Å². The summed E-state index contributed by atoms with van der Waals surface area (Å²) < 4.78 is 26.0. The number of carbonyl (C=O) groups excluding carboxylic acids is 6. The SMILES string of the molecule is CCCCCCOC(=O)NC(=N)c1ccc(NC(=O)c2cc(C)c(OC)cc2-c2ccc(C(=O)NCC3CC3)nc2C(=O)OCOC(=O)CNC(=O)OC(C)(C)C)cc1. The average Bonchev–Trinajstić information content (AvgIpc) is 4.03. The molecular weight excluding hydrogens is 764 g/mol. The molecule has 0 radical (unpaired) electrons. The molecule has 1 aliphatic carbocycles. The molecule has 1 heterocycles. The second-order valence-corrected chi connectivity index (χ2v) is 14.8. The van der Waals surface area contributed by atoms with Gasteiger partial charge in [0.25, 0.3) is 11.8 Å². The molecule has 1 aliphatic rings. The molecule has 0 aliphatic heterocycles. The van der Waals surface area contributed by atoms with Crippen molar-refractivity contribution in [3.8, 4) is 16.9 Å². The Balaban J connectivity index is 1.55. The highest BCUT2D eigenvalue weighted by Gasteiger charge is 2.27. The molecule has 2 aromatic carbocycles. The van der Waals surface area contributed by atoms with E-state index >= 15 is 0 Å². The van der Waals surface area contributed by atoms with Gasteiger partial charge in [-0.3, -0.25) is 25.1 Å². The van der Waals surface area contributed by atoms with Crippen LogP contribution in [0.15, 0.2) is 48.5 Å². The summed E-state index contributed by atoms with van der Waals surface area (Å²) in [5.74, 6) is -2.55. The summed E-state index contributed by atoms with van der Waals surface area (Å²) in [5, 5.41) is 18.5. The largest absolute Gasteiger partial charge is 0.496 e. The molecule has 316 valence electrons. The number of carbonyl (C=O) groups is 6. The fourth-order valence-electron chi connectivity index (χ4n) is 5.48. The van der Waals surface area contributed by atoms with Crippen molar-refractivity contribution >= 4 is 47.5 Å². The molecule has 59 heavy (non-hydrogen) atoms. The lowest BCUT2D eigenvalue weighted by molar-refractivity contribution is -0.151. The molecular formula is C42H52N6O11. The first-order chi connectivity index (χ1) is 28.1. The fourth-order valence-corrected chi connectivity index (χ4v) is 5.48. The first-order valence-electron chi connectivity index (χ1n) is 19.3. The summed E-state index contributed by atoms with van der Waals surface area (Å²) in [7, 11) is 1.44. The van der Waals surface area contributed by atoms with E-state index in [1.807, 2.05) is 0 Å². The van der Waals surface area contributed by atoms with Crippen molar-refractivity contribution in [1.29, 1.82) is 5.41 Å². The lowest BCUT2D eigenvalue weighted by Gasteiger charge is -2.19. The first kappa shape index (κ1) is 45.2. The van der Waals surface area contributed by atoms with E-state index < -0.39 is 54.9 Å². The zero-order chi connectivity index (χ0) is 43.1. The highest BCUT2D eigenvalue weighted by molar-refractivity contribution is 6.11. The third kappa shape index (κ3) is 14.4. The molecule has 3 aromatic rings. The standard InChI is InChI=1S/C42H52N6O11/c1-7-8-9-10-19-56-41(54)48-36(43)27-13-15-28(16-14-27)46-37(50)31-20-25(2)33(55-6)21-30(31)29-17-18-32(38(51)44-22-26-11-12-26)47-35(29)39(52)58-24-57-34(49)23-45-40(53)59-42(3,4)5/h13-18,20-21,26H,7-12,19,22-24H2,1-6H3,(H,44,51)(H,45,53)(H,46,50)(H2,43,48,54). The van der Waals surface area contributed by atoms with Crippen LogP contribution in [0.25, 0.3) is 11.1 Å². The highest BCUT2D eigenvalue weighted by atomic mass is 16.7. The smallest absolute Gasteiger partial charge is 0.412 e. The maximum absolute atomic E-state index is 14.0. The molecule has 17 nitrogen and oxygen atoms in total. The van der Waals surface area contributed by atoms with Gasteiger partial charge < -0.3 is 39.6 Å². The van der Waals surface area contributed by atoms with Gasteiger partial charge in [0.05, 0.1) is 13.7 Å². The van der Waals surface area contributed by atoms with Gasteiger partial charge in [0.15, 0.2) is 5.69 Å². The van der Waals surface area contributed by atoms with Crippen LogP contribution in [-0.4, -0.2) is 86.0 Å². The molecule has 0 bridgehead atoms. The molecule has 0 spiro atoms. The van der Waals surface area contributed by atoms with Crippen LogP contribution in [0.5, 0.6) is 5.75 Å². The van der Waals surface area contributed by atoms with Gasteiger partial charge in [-0.05, 0) is 107 Å². The summed E-state index contributed by atoms with van der Waals surface area (Å²) in [6, 6.07) is 12.2. The van der Waals surface area contributed by atoms with Crippen LogP contribution in [0.3, 0.4) is 0 Å². The Labute approximate surface area is 342 Å². The number of amidine groups is 1. The quantitative estimate of drug-likeness (QED) is 0.0239. The van der Waals surface area contributed by atoms with Gasteiger partial charge in [-0.15, -0.1) is 0 Å². The van der Waals surface area contributed by atoms with Crippen molar-refractivity contribution < 1.29 is 52.5 Å². The van der Waals surface area contributed by atoms with Gasteiger partial charge in [0.1, 0.15) is 29.4 Å². The van der Waals surface area contributed by atoms with Crippen molar-refractivity contribution in [2.24, 2.45) is 5.92 Å². The number of pyridine rings is 1. The van der Waals surface area contributed by atoms with Gasteiger partial charge in [-0.25, -0.2) is 19.4 Å². The number of ether oxygens (including phenoxy) is 5. The van der Waals surface area contributed by atoms with E-state index in [0.29, 0.717) is 35.0 Å². The number of benzene rings is 2. The maximum Gasteiger partial charge on any atom is 0.412 e. The van der Waals surface area contributed by atoms with Gasteiger partial charge in [0, 0.05) is 34.5 Å². The number of esters is 2. The number of alkyl carbamates (subject to hydrolysis) is 2. The number of amides is 4. The maximum atomic E-state index is 14.0. The number of nitrogens with zero attached hydrogens (tertiary/aromatic N) is 1. The topological polar surface area (TPSA) is 233 Å². The Bertz CT molecular complexity index is 2020. The lowest BCUT2D eigenvalue weighted by Crippen LogP contribution is -2.36. The molecule has 1 fully saturated rings. The van der Waals surface area contributed by atoms with Crippen LogP contribution in [0.2, 0.25) is 0 Å². The Morgan fingerprint density at radius 3 is 2.24 bits per heavy atom. The van der Waals surface area contributed by atoms with E-state index in [1.165, 1.54) is 19.2 Å². The molecule has 17 heteroatoms. The number of hydrogen-bond donors (Lipinski definition) is 5. The van der Waals surface area contributed by atoms with E-state index in [1.54, 1.807) is 64.1 Å². The number of unbranched alkanes of at least 4 members (excludes halogenated alkanes) is 3. The zero-order valence-electron chi connectivity index (χ0n) is 34.2. The normalized spacial score (nSPS) is 12.0. The lowest BCUT2D eigenvalue weighted by atomic mass is 9.94. The number of rotatable bonds is 18. The summed E-state index contributed by atoms with van der Waals surface area (Å²) in [5.41, 5.74) is 0.471. The Morgan fingerprint density at radius 2 is 1.58 bits per heavy atom. The van der Waals surface area contributed by atoms with Crippen molar-refractivity contribution in [3.05, 3.63) is 76.6 Å². The molecule has 1 aromatic heterocycles. The van der Waals surface area contributed by atoms with E-state index in [4.69, 9.17) is 29.1 Å². The van der Waals surface area contributed by atoms with E-state index in [2.05, 4.69) is 33.2 Å². The van der Waals surface area contributed by atoms with Gasteiger partial charge in [-0.2, -0.15) is 0 Å². The minimum Gasteiger partial charge on any atom is -0.496 e. The summed E-state index contributed by atoms with van der Waals surface area (Å²) >= 11 is 0. The monoisotopic (exact) mass is 816 g/mol. The molecule has 1 saturated carbocycles. The highest BCUT2D eigenvalue weighted by Crippen LogP contribution is 2.34. The van der Waals surface area contributed by atoms with Gasteiger partial charge >= 0.3 is 24.1 Å². The molecule has 0 atom stereocenters. The summed E-state index contributed by atoms with van der Waals surface area (Å²) in [4.78, 5) is 81.4. The van der Waals surface area contributed by atoms with E-state index in [9.17, 15) is 28.8 Å². The number of nitrogens with one attached hydrogen (secondary N) is 5. The van der Waals surface area contributed by atoms with Crippen molar-refractivity contribution in [2.75, 3.05) is 38.9 Å². The zero-order valence-corrected chi connectivity index (χ0v) is 34.2. The number of aryl methyl sites for hydroxylation is 1. The molecule has 4 rings (SSSR count). The van der Waals surface area contributed by atoms with Crippen molar-refractivity contribution in [2.45, 2.75) is 78.7 Å². The predicted octanol–water partition coefficient (Wildman–Crippen LogP) is 6.27. The summed E-state index contributed by atoms with van der Waals surface area (Å²) in [6.07, 6.45) is 4.20. The second kappa shape index (κ2) is 21.3. The van der Waals surface area contributed by atoms with Crippen LogP contribution in [-0.2, 0) is 23.7 Å². The minimum absolute atomic E-state index is 0.0923. The molecule has 0 saturated heterocycles. The third-order valence-electron chi connectivity index (χ3n) is 8.71. The van der Waals surface area contributed by atoms with Crippen molar-refractivity contribution in [3.63, 3.8) is 0 Å². The third-order valence-corrected chi connectivity index (χ3v) is 8.71. The van der Waals surface area contributed by atoms with Crippen LogP contribution >= 0.6 is 0 Å². The first-order valence-corrected chi connectivity index (χ1v) is 19.3. The number of methoxy groups -OCH3 is 1. The van der Waals surface area contributed by atoms with Crippen LogP contribution in [0.4, 0.5) is 15.3 Å². The van der Waals surface area contributed by atoms with E-state index in [-0.39, 0.29) is 40.5 Å². The van der Waals surface area contributed by atoms with Crippen molar-refractivity contribution in [1.82, 2.24) is 20.9 Å². The average molecular weight is 817 g/mol. The van der Waals surface area contributed by atoms with Crippen LogP contribution < -0.4 is 26.0 Å². The fraction of sp³-hybridized carbons (Fsp3) is 0.429. The Morgan fingerprint density at radius 1 is 0.847 bits per heavy atom. The summed E-state index contributed by atoms with van der Waals surface area (Å²) in [6.45, 7) is 8.06. The van der Waals surface area contributed by atoms with Crippen LogP contribution in [0, 0.1) is 18.3 Å². The Kier molecular flexibility index (Phi) is 16.3. The predicted molar refractivity (Wildman–Crippen MR) is 216 cm³/mol. The Hall–Kier alpha value is -6.52. The number of anilines is 1. The molecule has 0 unspecified atom stereocenters. The van der Waals surface area contributed by atoms with Crippen LogP contribution in [0.1, 0.15) is 109 Å². The minimum atomic E-state index is -1.08. The number of aromatic nitrogens is 1. The number of hydrogen-bond acceptors (Lipinski definition) is 13. The molecule has 4 amide bonds. The van der Waals surface area contributed by atoms with Gasteiger partial charge in [0.2, 0.25) is 6.79 Å². The second-order valence-electron chi connectivity index (χ2n) is 14.8. The molecule has 5 N–H and O–H groups in total.